The fraction of sp³-hybridized carbons (Fsp3) is 0.316. The van der Waals surface area contributed by atoms with E-state index in [1.807, 2.05) is 38.2 Å². The lowest BCUT2D eigenvalue weighted by Gasteiger charge is -2.15. The van der Waals surface area contributed by atoms with Gasteiger partial charge in [0, 0.05) is 11.3 Å². The zero-order chi connectivity index (χ0) is 16.1. The van der Waals surface area contributed by atoms with E-state index in [4.69, 9.17) is 0 Å². The van der Waals surface area contributed by atoms with E-state index in [0.29, 0.717) is 6.54 Å². The van der Waals surface area contributed by atoms with Crippen molar-refractivity contribution >= 4 is 11.6 Å². The van der Waals surface area contributed by atoms with Crippen LogP contribution in [0.15, 0.2) is 42.5 Å². The van der Waals surface area contributed by atoms with Gasteiger partial charge in [-0.15, -0.1) is 0 Å². The van der Waals surface area contributed by atoms with E-state index in [2.05, 4.69) is 37.4 Å². The van der Waals surface area contributed by atoms with Crippen LogP contribution in [0.5, 0.6) is 0 Å². The van der Waals surface area contributed by atoms with E-state index in [9.17, 15) is 4.79 Å². The molecule has 0 saturated carbocycles. The maximum Gasteiger partial charge on any atom is 0.279 e. The average Bonchev–Trinajstić information content (AvgIpc) is 2.44. The lowest BCUT2D eigenvalue weighted by molar-refractivity contribution is -0.885. The van der Waals surface area contributed by atoms with Gasteiger partial charge in [0.2, 0.25) is 0 Å². The van der Waals surface area contributed by atoms with Crippen LogP contribution in [0.1, 0.15) is 22.3 Å². The van der Waals surface area contributed by atoms with Gasteiger partial charge < -0.3 is 10.2 Å². The first-order chi connectivity index (χ1) is 10.4. The van der Waals surface area contributed by atoms with E-state index in [0.717, 1.165) is 12.2 Å². The van der Waals surface area contributed by atoms with Gasteiger partial charge in [-0.3, -0.25) is 4.79 Å². The number of carbonyl (C=O) groups excluding carboxylic acids is 1. The molecule has 0 aliphatic rings. The fourth-order valence-corrected chi connectivity index (χ4v) is 2.55. The summed E-state index contributed by atoms with van der Waals surface area (Å²) in [4.78, 5) is 13.3. The highest BCUT2D eigenvalue weighted by Crippen LogP contribution is 2.09. The van der Waals surface area contributed by atoms with Crippen molar-refractivity contribution in [1.29, 1.82) is 0 Å². The number of likely N-dealkylation sites (N-methyl/N-ethyl adjacent to an activating group) is 1. The van der Waals surface area contributed by atoms with Crippen LogP contribution in [0, 0.1) is 20.8 Å². The summed E-state index contributed by atoms with van der Waals surface area (Å²) in [5.41, 5.74) is 5.91. The molecule has 1 atom stereocenters. The van der Waals surface area contributed by atoms with Crippen LogP contribution in [0.2, 0.25) is 0 Å². The molecular weight excluding hydrogens is 272 g/mol. The highest BCUT2D eigenvalue weighted by molar-refractivity contribution is 5.91. The Balaban J connectivity index is 1.89. The van der Waals surface area contributed by atoms with E-state index >= 15 is 0 Å². The van der Waals surface area contributed by atoms with Crippen LogP contribution in [-0.4, -0.2) is 19.5 Å². The number of quaternary nitrogens is 1. The molecule has 2 aromatic carbocycles. The number of amides is 1. The largest absolute Gasteiger partial charge is 0.326 e. The van der Waals surface area contributed by atoms with Crippen molar-refractivity contribution in [2.24, 2.45) is 0 Å². The molecule has 0 fully saturated rings. The Hall–Kier alpha value is -2.13. The van der Waals surface area contributed by atoms with Crippen LogP contribution in [0.3, 0.4) is 0 Å². The maximum absolute atomic E-state index is 12.1. The molecule has 1 amide bonds. The molecule has 0 aliphatic heterocycles. The topological polar surface area (TPSA) is 33.5 Å². The van der Waals surface area contributed by atoms with Gasteiger partial charge in [-0.1, -0.05) is 41.5 Å². The van der Waals surface area contributed by atoms with Crippen molar-refractivity contribution in [3.63, 3.8) is 0 Å². The van der Waals surface area contributed by atoms with Crippen molar-refractivity contribution < 1.29 is 9.69 Å². The summed E-state index contributed by atoms with van der Waals surface area (Å²) < 4.78 is 0. The maximum atomic E-state index is 12.1. The Kier molecular flexibility index (Phi) is 5.34. The number of anilines is 1. The molecule has 22 heavy (non-hydrogen) atoms. The molecule has 3 heteroatoms. The van der Waals surface area contributed by atoms with Gasteiger partial charge in [0.05, 0.1) is 7.05 Å². The van der Waals surface area contributed by atoms with Gasteiger partial charge in [-0.2, -0.15) is 0 Å². The first kappa shape index (κ1) is 16.2. The Morgan fingerprint density at radius 3 is 2.27 bits per heavy atom. The SMILES string of the molecule is Cc1ccc(NC(=O)C[NH+](C)Cc2ccc(C)cc2C)cc1. The van der Waals surface area contributed by atoms with Crippen LogP contribution in [0.25, 0.3) is 0 Å². The molecule has 2 N–H and O–H groups in total. The summed E-state index contributed by atoms with van der Waals surface area (Å²) in [5.74, 6) is 0.0473. The first-order valence-corrected chi connectivity index (χ1v) is 7.68. The number of rotatable bonds is 5. The third-order valence-corrected chi connectivity index (χ3v) is 3.79. The summed E-state index contributed by atoms with van der Waals surface area (Å²) in [6, 6.07) is 14.4. The lowest BCUT2D eigenvalue weighted by Crippen LogP contribution is -3.08. The van der Waals surface area contributed by atoms with E-state index in [-0.39, 0.29) is 5.91 Å². The average molecular weight is 297 g/mol. The summed E-state index contributed by atoms with van der Waals surface area (Å²) in [5, 5.41) is 2.95. The molecule has 2 aromatic rings. The zero-order valence-corrected chi connectivity index (χ0v) is 13.9. The van der Waals surface area contributed by atoms with Crippen molar-refractivity contribution in [2.75, 3.05) is 18.9 Å². The van der Waals surface area contributed by atoms with Crippen molar-refractivity contribution in [2.45, 2.75) is 27.3 Å². The smallest absolute Gasteiger partial charge is 0.279 e. The second-order valence-corrected chi connectivity index (χ2v) is 6.15. The van der Waals surface area contributed by atoms with Gasteiger partial charge >= 0.3 is 0 Å². The molecule has 0 aliphatic carbocycles. The Morgan fingerprint density at radius 1 is 1.00 bits per heavy atom. The minimum absolute atomic E-state index is 0.0473. The number of nitrogens with one attached hydrogen (secondary N) is 2. The quantitative estimate of drug-likeness (QED) is 0.872. The summed E-state index contributed by atoms with van der Waals surface area (Å²) in [7, 11) is 2.05. The predicted octanol–water partition coefficient (Wildman–Crippen LogP) is 2.27. The molecule has 3 nitrogen and oxygen atoms in total. The molecule has 0 bridgehead atoms. The minimum Gasteiger partial charge on any atom is -0.326 e. The van der Waals surface area contributed by atoms with Crippen molar-refractivity contribution in [3.8, 4) is 0 Å². The minimum atomic E-state index is 0.0473. The van der Waals surface area contributed by atoms with E-state index in [1.54, 1.807) is 0 Å². The number of hydrogen-bond acceptors (Lipinski definition) is 1. The Morgan fingerprint density at radius 2 is 1.64 bits per heavy atom. The Labute approximate surface area is 133 Å². The van der Waals surface area contributed by atoms with Crippen LogP contribution >= 0.6 is 0 Å². The third-order valence-electron chi connectivity index (χ3n) is 3.79. The van der Waals surface area contributed by atoms with Gasteiger partial charge in [-0.25, -0.2) is 0 Å². The zero-order valence-electron chi connectivity index (χ0n) is 13.9. The highest BCUT2D eigenvalue weighted by atomic mass is 16.2. The predicted molar refractivity (Wildman–Crippen MR) is 91.2 cm³/mol. The molecule has 0 saturated heterocycles. The van der Waals surface area contributed by atoms with Gasteiger partial charge in [0.15, 0.2) is 6.54 Å². The molecule has 1 unspecified atom stereocenters. The normalized spacial score (nSPS) is 12.0. The molecule has 0 aromatic heterocycles. The molecule has 0 heterocycles. The highest BCUT2D eigenvalue weighted by Gasteiger charge is 2.12. The van der Waals surface area contributed by atoms with Crippen LogP contribution < -0.4 is 10.2 Å². The van der Waals surface area contributed by atoms with Crippen LogP contribution in [0.4, 0.5) is 5.69 Å². The number of carbonyl (C=O) groups is 1. The number of hydrogen-bond donors (Lipinski definition) is 2. The molecule has 0 radical (unpaired) electrons. The summed E-state index contributed by atoms with van der Waals surface area (Å²) in [6.07, 6.45) is 0. The molecule has 2 rings (SSSR count). The fourth-order valence-electron chi connectivity index (χ4n) is 2.55. The van der Waals surface area contributed by atoms with E-state index in [1.165, 1.54) is 27.2 Å². The first-order valence-electron chi connectivity index (χ1n) is 7.68. The van der Waals surface area contributed by atoms with Crippen LogP contribution in [-0.2, 0) is 11.3 Å². The summed E-state index contributed by atoms with van der Waals surface area (Å²) in [6.45, 7) is 7.58. The van der Waals surface area contributed by atoms with Gasteiger partial charge in [0.1, 0.15) is 6.54 Å². The van der Waals surface area contributed by atoms with Crippen molar-refractivity contribution in [1.82, 2.24) is 0 Å². The third kappa shape index (κ3) is 4.71. The molecule has 0 spiro atoms. The van der Waals surface area contributed by atoms with Gasteiger partial charge in [0.25, 0.3) is 5.91 Å². The Bertz CT molecular complexity index is 647. The summed E-state index contributed by atoms with van der Waals surface area (Å²) >= 11 is 0. The van der Waals surface area contributed by atoms with Crippen molar-refractivity contribution in [3.05, 3.63) is 64.7 Å². The standard InChI is InChI=1S/C19H24N2O/c1-14-6-9-18(10-7-14)20-19(22)13-21(4)12-17-8-5-15(2)11-16(17)3/h5-11H,12-13H2,1-4H3,(H,20,22)/p+1. The monoisotopic (exact) mass is 297 g/mol. The number of benzene rings is 2. The second-order valence-electron chi connectivity index (χ2n) is 6.15. The lowest BCUT2D eigenvalue weighted by atomic mass is 10.1. The van der Waals surface area contributed by atoms with E-state index < -0.39 is 0 Å². The molecule has 116 valence electrons. The van der Waals surface area contributed by atoms with Gasteiger partial charge in [-0.05, 0) is 38.5 Å². The molecular formula is C19H25N2O+. The second kappa shape index (κ2) is 7.23. The number of aryl methyl sites for hydroxylation is 3.